The number of ether oxygens (including phenoxy) is 1. The fraction of sp³-hybridized carbons (Fsp3) is 0.600. The Hall–Kier alpha value is -0.380. The van der Waals surface area contributed by atoms with Gasteiger partial charge in [0.05, 0.1) is 6.61 Å². The molecule has 2 rings (SSSR count). The maximum Gasteiger partial charge on any atom is 0.0620 e. The summed E-state index contributed by atoms with van der Waals surface area (Å²) in [6.45, 7) is 3.99. The molecular weight excluding hydrogens is 182 g/mol. The van der Waals surface area contributed by atoms with Crippen molar-refractivity contribution in [2.75, 3.05) is 13.2 Å². The fourth-order valence-corrected chi connectivity index (χ4v) is 2.38. The number of thiophene rings is 1. The molecule has 1 aliphatic heterocycles. The van der Waals surface area contributed by atoms with Gasteiger partial charge in [-0.2, -0.15) is 0 Å². The largest absolute Gasteiger partial charge is 0.380 e. The Labute approximate surface area is 82.9 Å². The van der Waals surface area contributed by atoms with Crippen LogP contribution in [0.1, 0.15) is 24.3 Å². The highest BCUT2D eigenvalue weighted by Gasteiger charge is 2.18. The van der Waals surface area contributed by atoms with Crippen LogP contribution in [0.25, 0.3) is 0 Å². The summed E-state index contributed by atoms with van der Waals surface area (Å²) in [7, 11) is 0. The minimum absolute atomic E-state index is 0.465. The quantitative estimate of drug-likeness (QED) is 0.802. The predicted molar refractivity (Wildman–Crippen MR) is 55.1 cm³/mol. The molecule has 0 radical (unpaired) electrons. The second kappa shape index (κ2) is 4.22. The molecule has 0 amide bonds. The van der Waals surface area contributed by atoms with Crippen molar-refractivity contribution in [3.63, 3.8) is 0 Å². The van der Waals surface area contributed by atoms with Crippen molar-refractivity contribution in [3.8, 4) is 0 Å². The van der Waals surface area contributed by atoms with Gasteiger partial charge in [-0.1, -0.05) is 6.07 Å². The fourth-order valence-electron chi connectivity index (χ4n) is 1.64. The van der Waals surface area contributed by atoms with E-state index in [1.807, 2.05) is 11.3 Å². The minimum Gasteiger partial charge on any atom is -0.380 e. The van der Waals surface area contributed by atoms with Crippen molar-refractivity contribution in [1.82, 2.24) is 5.32 Å². The highest BCUT2D eigenvalue weighted by atomic mass is 32.1. The first-order valence-electron chi connectivity index (χ1n) is 4.73. The molecule has 13 heavy (non-hydrogen) atoms. The van der Waals surface area contributed by atoms with E-state index >= 15 is 0 Å². The third-order valence-electron chi connectivity index (χ3n) is 2.39. The molecule has 0 aliphatic carbocycles. The Morgan fingerprint density at radius 2 is 2.62 bits per heavy atom. The van der Waals surface area contributed by atoms with Crippen LogP contribution in [0.15, 0.2) is 17.5 Å². The van der Waals surface area contributed by atoms with Crippen LogP contribution in [0, 0.1) is 0 Å². The Balaban J connectivity index is 1.87. The molecule has 1 unspecified atom stereocenters. The lowest BCUT2D eigenvalue weighted by Crippen LogP contribution is -2.31. The van der Waals surface area contributed by atoms with Crippen LogP contribution >= 0.6 is 11.3 Å². The van der Waals surface area contributed by atoms with Crippen molar-refractivity contribution < 1.29 is 4.74 Å². The van der Waals surface area contributed by atoms with Crippen molar-refractivity contribution in [3.05, 3.63) is 22.4 Å². The Morgan fingerprint density at radius 1 is 1.69 bits per heavy atom. The van der Waals surface area contributed by atoms with Gasteiger partial charge in [0.15, 0.2) is 0 Å². The lowest BCUT2D eigenvalue weighted by Gasteiger charge is -2.16. The predicted octanol–water partition coefficient (Wildman–Crippen LogP) is 2.19. The van der Waals surface area contributed by atoms with Crippen molar-refractivity contribution >= 4 is 11.3 Å². The van der Waals surface area contributed by atoms with Crippen LogP contribution in [-0.4, -0.2) is 19.3 Å². The molecule has 2 atom stereocenters. The lowest BCUT2D eigenvalue weighted by atomic mass is 10.2. The molecule has 1 fully saturated rings. The van der Waals surface area contributed by atoms with E-state index in [0.717, 1.165) is 19.6 Å². The van der Waals surface area contributed by atoms with E-state index in [1.165, 1.54) is 4.88 Å². The number of hydrogen-bond acceptors (Lipinski definition) is 3. The van der Waals surface area contributed by atoms with Gasteiger partial charge in [-0.25, -0.2) is 0 Å². The summed E-state index contributed by atoms with van der Waals surface area (Å²) in [5.41, 5.74) is 0. The number of hydrogen-bond donors (Lipinski definition) is 1. The number of rotatable bonds is 3. The molecule has 0 aromatic carbocycles. The SMILES string of the molecule is C[C@H](NC1CCOC1)c1cccs1. The van der Waals surface area contributed by atoms with Crippen LogP contribution < -0.4 is 5.32 Å². The van der Waals surface area contributed by atoms with Crippen LogP contribution in [-0.2, 0) is 4.74 Å². The van der Waals surface area contributed by atoms with E-state index in [1.54, 1.807) is 0 Å². The molecule has 2 heterocycles. The summed E-state index contributed by atoms with van der Waals surface area (Å²) in [6.07, 6.45) is 1.15. The second-order valence-corrected chi connectivity index (χ2v) is 4.44. The van der Waals surface area contributed by atoms with Gasteiger partial charge in [0, 0.05) is 23.6 Å². The molecule has 2 nitrogen and oxygen atoms in total. The van der Waals surface area contributed by atoms with Gasteiger partial charge in [0.25, 0.3) is 0 Å². The van der Waals surface area contributed by atoms with Gasteiger partial charge < -0.3 is 10.1 Å². The van der Waals surface area contributed by atoms with Gasteiger partial charge in [-0.05, 0) is 24.8 Å². The van der Waals surface area contributed by atoms with Gasteiger partial charge >= 0.3 is 0 Å². The van der Waals surface area contributed by atoms with Gasteiger partial charge in [-0.15, -0.1) is 11.3 Å². The molecule has 1 aliphatic rings. The first kappa shape index (κ1) is 9.19. The monoisotopic (exact) mass is 197 g/mol. The highest BCUT2D eigenvalue weighted by Crippen LogP contribution is 2.19. The average molecular weight is 197 g/mol. The summed E-state index contributed by atoms with van der Waals surface area (Å²) in [5, 5.41) is 5.69. The topological polar surface area (TPSA) is 21.3 Å². The zero-order chi connectivity index (χ0) is 9.10. The summed E-state index contributed by atoms with van der Waals surface area (Å²) in [5.74, 6) is 0. The molecule has 72 valence electrons. The van der Waals surface area contributed by atoms with E-state index in [-0.39, 0.29) is 0 Å². The summed E-state index contributed by atoms with van der Waals surface area (Å²) < 4.78 is 5.32. The van der Waals surface area contributed by atoms with E-state index in [0.29, 0.717) is 12.1 Å². The van der Waals surface area contributed by atoms with E-state index in [4.69, 9.17) is 4.74 Å². The smallest absolute Gasteiger partial charge is 0.0620 e. The normalized spacial score (nSPS) is 24.8. The van der Waals surface area contributed by atoms with E-state index in [2.05, 4.69) is 29.8 Å². The summed E-state index contributed by atoms with van der Waals surface area (Å²) in [4.78, 5) is 1.41. The average Bonchev–Trinajstić information content (AvgIpc) is 2.74. The van der Waals surface area contributed by atoms with Crippen molar-refractivity contribution in [2.24, 2.45) is 0 Å². The maximum atomic E-state index is 5.32. The number of nitrogens with one attached hydrogen (secondary N) is 1. The van der Waals surface area contributed by atoms with Crippen LogP contribution in [0.2, 0.25) is 0 Å². The van der Waals surface area contributed by atoms with Crippen LogP contribution in [0.5, 0.6) is 0 Å². The van der Waals surface area contributed by atoms with Gasteiger partial charge in [-0.3, -0.25) is 0 Å². The molecule has 1 N–H and O–H groups in total. The minimum atomic E-state index is 0.465. The Morgan fingerprint density at radius 3 is 3.23 bits per heavy atom. The second-order valence-electron chi connectivity index (χ2n) is 3.46. The Bertz CT molecular complexity index is 241. The Kier molecular flexibility index (Phi) is 2.98. The molecule has 3 heteroatoms. The van der Waals surface area contributed by atoms with E-state index < -0.39 is 0 Å². The molecule has 0 saturated carbocycles. The van der Waals surface area contributed by atoms with Gasteiger partial charge in [0.1, 0.15) is 0 Å². The standard InChI is InChI=1S/C10H15NOS/c1-8(10-3-2-6-13-10)11-9-4-5-12-7-9/h2-3,6,8-9,11H,4-5,7H2,1H3/t8-,9?/m0/s1. The first-order valence-corrected chi connectivity index (χ1v) is 5.61. The van der Waals surface area contributed by atoms with Gasteiger partial charge in [0.2, 0.25) is 0 Å². The maximum absolute atomic E-state index is 5.32. The lowest BCUT2D eigenvalue weighted by molar-refractivity contribution is 0.188. The molecule has 0 spiro atoms. The zero-order valence-corrected chi connectivity index (χ0v) is 8.64. The third-order valence-corrected chi connectivity index (χ3v) is 3.44. The molecule has 1 aromatic heterocycles. The van der Waals surface area contributed by atoms with E-state index in [9.17, 15) is 0 Å². The van der Waals surface area contributed by atoms with Crippen LogP contribution in [0.3, 0.4) is 0 Å². The molecular formula is C10H15NOS. The third kappa shape index (κ3) is 2.30. The van der Waals surface area contributed by atoms with Crippen molar-refractivity contribution in [2.45, 2.75) is 25.4 Å². The highest BCUT2D eigenvalue weighted by molar-refractivity contribution is 7.10. The molecule has 1 saturated heterocycles. The summed E-state index contributed by atoms with van der Waals surface area (Å²) in [6, 6.07) is 5.30. The summed E-state index contributed by atoms with van der Waals surface area (Å²) >= 11 is 1.81. The van der Waals surface area contributed by atoms with Crippen LogP contribution in [0.4, 0.5) is 0 Å². The zero-order valence-electron chi connectivity index (χ0n) is 7.82. The van der Waals surface area contributed by atoms with Crippen molar-refractivity contribution in [1.29, 1.82) is 0 Å². The first-order chi connectivity index (χ1) is 6.36. The molecule has 0 bridgehead atoms. The molecule has 1 aromatic rings.